The van der Waals surface area contributed by atoms with Crippen LogP contribution in [0.15, 0.2) is 78.9 Å². The molecular weight excluding hydrogens is 460 g/mol. The van der Waals surface area contributed by atoms with Crippen molar-refractivity contribution in [2.75, 3.05) is 12.4 Å². The number of para-hydroxylation sites is 1. The van der Waals surface area contributed by atoms with Crippen molar-refractivity contribution in [1.82, 2.24) is 14.3 Å². The normalized spacial score (nSPS) is 10.6. The third-order valence-corrected chi connectivity index (χ3v) is 5.57. The number of rotatable bonds is 6. The van der Waals surface area contributed by atoms with Crippen LogP contribution in [0.4, 0.5) is 5.69 Å². The molecule has 0 aliphatic heterocycles. The minimum atomic E-state index is -0.447. The fourth-order valence-electron chi connectivity index (χ4n) is 3.28. The zero-order valence-electron chi connectivity index (χ0n) is 17.6. The minimum absolute atomic E-state index is 0.102. The van der Waals surface area contributed by atoms with Crippen LogP contribution in [-0.2, 0) is 16.1 Å². The first-order valence-electron chi connectivity index (χ1n) is 9.96. The molecule has 4 aromatic rings. The average Bonchev–Trinajstić information content (AvgIpc) is 3.15. The van der Waals surface area contributed by atoms with Gasteiger partial charge in [-0.25, -0.2) is 9.48 Å². The molecule has 1 aromatic heterocycles. The summed E-state index contributed by atoms with van der Waals surface area (Å²) in [5, 5.41) is 7.93. The summed E-state index contributed by atoms with van der Waals surface area (Å²) < 4.78 is 8.28. The van der Waals surface area contributed by atoms with Crippen LogP contribution in [0.2, 0.25) is 5.02 Å². The third-order valence-electron chi connectivity index (χ3n) is 4.85. The monoisotopic (exact) mass is 478 g/mol. The number of carbonyl (C=O) groups is 2. The lowest BCUT2D eigenvalue weighted by molar-refractivity contribution is -0.116. The van der Waals surface area contributed by atoms with Crippen LogP contribution in [0, 0.1) is 4.77 Å². The molecule has 7 nitrogen and oxygen atoms in total. The van der Waals surface area contributed by atoms with Crippen molar-refractivity contribution < 1.29 is 14.3 Å². The van der Waals surface area contributed by atoms with Crippen molar-refractivity contribution in [3.63, 3.8) is 0 Å². The third kappa shape index (κ3) is 4.87. The molecule has 1 N–H and O–H groups in total. The van der Waals surface area contributed by atoms with E-state index in [1.165, 1.54) is 11.8 Å². The lowest BCUT2D eigenvalue weighted by Crippen LogP contribution is -2.20. The van der Waals surface area contributed by atoms with Gasteiger partial charge in [0.05, 0.1) is 17.7 Å². The summed E-state index contributed by atoms with van der Waals surface area (Å²) in [5.74, 6) is -0.231. The van der Waals surface area contributed by atoms with Gasteiger partial charge in [0.15, 0.2) is 5.82 Å². The van der Waals surface area contributed by atoms with Gasteiger partial charge < -0.3 is 10.1 Å². The fourth-order valence-corrected chi connectivity index (χ4v) is 3.80. The van der Waals surface area contributed by atoms with Gasteiger partial charge in [0.2, 0.25) is 10.7 Å². The Morgan fingerprint density at radius 2 is 1.67 bits per heavy atom. The second-order valence-corrected chi connectivity index (χ2v) is 7.80. The highest BCUT2D eigenvalue weighted by molar-refractivity contribution is 7.71. The number of benzene rings is 3. The van der Waals surface area contributed by atoms with Crippen molar-refractivity contribution in [2.45, 2.75) is 6.54 Å². The number of anilines is 1. The molecule has 0 spiro atoms. The van der Waals surface area contributed by atoms with E-state index >= 15 is 0 Å². The number of hydrogen-bond acceptors (Lipinski definition) is 5. The van der Waals surface area contributed by atoms with Gasteiger partial charge >= 0.3 is 5.97 Å². The standard InChI is InChI=1S/C24H19ClN4O3S/c1-32-23(31)16-11-13-17(14-12-16)26-21(30)15-28-24(33)29(18-7-3-2-4-8-18)22(27-28)19-9-5-6-10-20(19)25/h2-14H,15H2,1H3,(H,26,30). The average molecular weight is 479 g/mol. The van der Waals surface area contributed by atoms with E-state index in [1.807, 2.05) is 48.5 Å². The topological polar surface area (TPSA) is 78.2 Å². The van der Waals surface area contributed by atoms with E-state index in [0.717, 1.165) is 5.69 Å². The molecular formula is C24H19ClN4O3S. The predicted octanol–water partition coefficient (Wildman–Crippen LogP) is 5.15. The first-order valence-corrected chi connectivity index (χ1v) is 10.7. The number of amides is 1. The van der Waals surface area contributed by atoms with Crippen LogP contribution < -0.4 is 5.32 Å². The van der Waals surface area contributed by atoms with Gasteiger partial charge in [-0.2, -0.15) is 5.10 Å². The van der Waals surface area contributed by atoms with E-state index in [-0.39, 0.29) is 12.5 Å². The molecule has 0 radical (unpaired) electrons. The van der Waals surface area contributed by atoms with Gasteiger partial charge in [0.1, 0.15) is 6.54 Å². The molecule has 1 amide bonds. The predicted molar refractivity (Wildman–Crippen MR) is 129 cm³/mol. The maximum absolute atomic E-state index is 12.7. The Kier molecular flexibility index (Phi) is 6.67. The Hall–Kier alpha value is -3.75. The number of methoxy groups -OCH3 is 1. The van der Waals surface area contributed by atoms with Gasteiger partial charge in [-0.3, -0.25) is 9.36 Å². The van der Waals surface area contributed by atoms with E-state index < -0.39 is 5.97 Å². The van der Waals surface area contributed by atoms with Crippen molar-refractivity contribution in [3.8, 4) is 17.1 Å². The van der Waals surface area contributed by atoms with Crippen LogP contribution in [0.1, 0.15) is 10.4 Å². The number of esters is 1. The molecule has 9 heteroatoms. The molecule has 4 rings (SSSR count). The maximum atomic E-state index is 12.7. The molecule has 0 fully saturated rings. The zero-order valence-corrected chi connectivity index (χ0v) is 19.1. The second-order valence-electron chi connectivity index (χ2n) is 7.03. The summed E-state index contributed by atoms with van der Waals surface area (Å²) in [5.41, 5.74) is 2.44. The highest BCUT2D eigenvalue weighted by Gasteiger charge is 2.18. The quantitative estimate of drug-likeness (QED) is 0.306. The van der Waals surface area contributed by atoms with Gasteiger partial charge in [0.25, 0.3) is 0 Å². The largest absolute Gasteiger partial charge is 0.465 e. The van der Waals surface area contributed by atoms with Crippen molar-refractivity contribution in [2.24, 2.45) is 0 Å². The smallest absolute Gasteiger partial charge is 0.337 e. The summed E-state index contributed by atoms with van der Waals surface area (Å²) in [7, 11) is 1.31. The van der Waals surface area contributed by atoms with Crippen LogP contribution in [0.25, 0.3) is 17.1 Å². The van der Waals surface area contributed by atoms with E-state index in [4.69, 9.17) is 23.8 Å². The van der Waals surface area contributed by atoms with E-state index in [2.05, 4.69) is 15.2 Å². The molecule has 0 aliphatic rings. The molecule has 0 bridgehead atoms. The Morgan fingerprint density at radius 3 is 2.33 bits per heavy atom. The molecule has 0 saturated carbocycles. The Balaban J connectivity index is 1.64. The van der Waals surface area contributed by atoms with Gasteiger partial charge in [-0.05, 0) is 60.7 Å². The second kappa shape index (κ2) is 9.81. The summed E-state index contributed by atoms with van der Waals surface area (Å²) >= 11 is 12.1. The highest BCUT2D eigenvalue weighted by atomic mass is 35.5. The number of ether oxygens (including phenoxy) is 1. The maximum Gasteiger partial charge on any atom is 0.337 e. The SMILES string of the molecule is COC(=O)c1ccc(NC(=O)Cn2nc(-c3ccccc3Cl)n(-c3ccccc3)c2=S)cc1. The fraction of sp³-hybridized carbons (Fsp3) is 0.0833. The van der Waals surface area contributed by atoms with E-state index in [0.29, 0.717) is 32.4 Å². The number of halogens is 1. The highest BCUT2D eigenvalue weighted by Crippen LogP contribution is 2.28. The Bertz CT molecular complexity index is 1360. The summed E-state index contributed by atoms with van der Waals surface area (Å²) in [4.78, 5) is 24.3. The number of aromatic nitrogens is 3. The molecule has 166 valence electrons. The molecule has 0 saturated heterocycles. The van der Waals surface area contributed by atoms with Crippen molar-refractivity contribution in [3.05, 3.63) is 94.2 Å². The van der Waals surface area contributed by atoms with Crippen molar-refractivity contribution in [1.29, 1.82) is 0 Å². The van der Waals surface area contributed by atoms with E-state index in [1.54, 1.807) is 34.9 Å². The Labute approximate surface area is 200 Å². The summed E-state index contributed by atoms with van der Waals surface area (Å²) in [6.45, 7) is -0.102. The minimum Gasteiger partial charge on any atom is -0.465 e. The summed E-state index contributed by atoms with van der Waals surface area (Å²) in [6, 6.07) is 23.3. The first-order chi connectivity index (χ1) is 16.0. The van der Waals surface area contributed by atoms with Crippen LogP contribution in [-0.4, -0.2) is 33.3 Å². The summed E-state index contributed by atoms with van der Waals surface area (Å²) in [6.07, 6.45) is 0. The number of carbonyl (C=O) groups excluding carboxylic acids is 2. The molecule has 0 aliphatic carbocycles. The van der Waals surface area contributed by atoms with Crippen LogP contribution in [0.5, 0.6) is 0 Å². The zero-order chi connectivity index (χ0) is 23.4. The number of nitrogens with one attached hydrogen (secondary N) is 1. The molecule has 0 unspecified atom stereocenters. The number of hydrogen-bond donors (Lipinski definition) is 1. The molecule has 33 heavy (non-hydrogen) atoms. The lowest BCUT2D eigenvalue weighted by atomic mass is 10.2. The molecule has 3 aromatic carbocycles. The van der Waals surface area contributed by atoms with E-state index in [9.17, 15) is 9.59 Å². The Morgan fingerprint density at radius 1 is 1.00 bits per heavy atom. The van der Waals surface area contributed by atoms with Crippen LogP contribution in [0.3, 0.4) is 0 Å². The van der Waals surface area contributed by atoms with Gasteiger partial charge in [0, 0.05) is 16.9 Å². The van der Waals surface area contributed by atoms with Crippen molar-refractivity contribution >= 4 is 41.4 Å². The first kappa shape index (κ1) is 22.4. The van der Waals surface area contributed by atoms with Crippen LogP contribution >= 0.6 is 23.8 Å². The van der Waals surface area contributed by atoms with Gasteiger partial charge in [-0.1, -0.05) is 41.9 Å². The van der Waals surface area contributed by atoms with Gasteiger partial charge in [-0.15, -0.1) is 0 Å². The molecule has 0 atom stereocenters. The lowest BCUT2D eigenvalue weighted by Gasteiger charge is -2.07. The number of nitrogens with zero attached hydrogens (tertiary/aromatic N) is 3. The molecule has 1 heterocycles.